The van der Waals surface area contributed by atoms with E-state index in [1.807, 2.05) is 0 Å². The number of nitrogens with one attached hydrogen (secondary N) is 4. The molecule has 4 aromatic carbocycles. The summed E-state index contributed by atoms with van der Waals surface area (Å²) in [6, 6.07) is 37.9. The Morgan fingerprint density at radius 2 is 1.23 bits per heavy atom. The zero-order valence-electron chi connectivity index (χ0n) is 51.1. The van der Waals surface area contributed by atoms with Gasteiger partial charge >= 0.3 is 7.82 Å². The van der Waals surface area contributed by atoms with Crippen LogP contribution in [-0.2, 0) is 61.2 Å². The van der Waals surface area contributed by atoms with E-state index >= 15 is 0 Å². The van der Waals surface area contributed by atoms with Gasteiger partial charge in [-0.2, -0.15) is 0 Å². The van der Waals surface area contributed by atoms with Crippen LogP contribution in [0.3, 0.4) is 0 Å². The normalized spacial score (nSPS) is 19.6. The van der Waals surface area contributed by atoms with Crippen LogP contribution in [0.4, 0.5) is 11.4 Å². The van der Waals surface area contributed by atoms with E-state index in [1.54, 1.807) is 23.5 Å². The number of nitrogens with zero attached hydrogens (tertiary/aromatic N) is 5. The van der Waals surface area contributed by atoms with Gasteiger partial charge in [-0.25, -0.2) is 13.7 Å². The number of carbonyl (C=O) groups excluding carboxylic acids is 5. The molecule has 1 saturated heterocycles. The lowest BCUT2D eigenvalue weighted by Crippen LogP contribution is -2.44. The molecule has 4 aliphatic heterocycles. The van der Waals surface area contributed by atoms with Crippen LogP contribution in [-0.4, -0.2) is 131 Å². The van der Waals surface area contributed by atoms with Crippen molar-refractivity contribution in [3.05, 3.63) is 167 Å². The molecule has 0 aliphatic carbocycles. The molecule has 3 unspecified atom stereocenters. The number of aryl methyl sites for hydroxylation is 2. The Labute approximate surface area is 533 Å². The van der Waals surface area contributed by atoms with Gasteiger partial charge in [-0.05, 0) is 91.4 Å². The Morgan fingerprint density at radius 3 is 1.77 bits per heavy atom. The van der Waals surface area contributed by atoms with Gasteiger partial charge in [0, 0.05) is 132 Å². The Bertz CT molecular complexity index is 3630. The van der Waals surface area contributed by atoms with Crippen molar-refractivity contribution >= 4 is 106 Å². The van der Waals surface area contributed by atoms with Crippen molar-refractivity contribution in [3.8, 4) is 0 Å². The predicted octanol–water partition coefficient (Wildman–Crippen LogP) is 7.85. The van der Waals surface area contributed by atoms with Crippen LogP contribution in [0.15, 0.2) is 165 Å². The number of methoxy groups -OCH3 is 1. The standard InChI is InChI=1S/C67H76N9O11PS2/c1-72-36-29-46(49-17-5-7-19-52(49)72)42-64-75(54-21-9-11-23-59(54)89-64)34-15-13-25-61(77)68-31-38-74(40-33-70-63(79)28-27-48-41-51(67(81)71-66(48)80)56-44-57(84-3)58(87-56)45-86-88(82,83)85-4)39-32-69-62(78)26-14-16-35-76-55-22-10-12-24-60(55)90-65(76)43-47-30-37-73(2)53-20-8-6-18-50(47)53/h5-12,17-24,27-30,36-37,41-43,51,56-58H,13-16,25-26,31-35,38-40,44-45H2,1-4H3,(H3-2,68,69,70,71,77,78,79,80,81,82,83)/p+2/t51?,56-,57?,58-/m1/s1. The van der Waals surface area contributed by atoms with E-state index in [-0.39, 0.29) is 37.0 Å². The lowest BCUT2D eigenvalue weighted by molar-refractivity contribution is -0.645. The molecule has 0 spiro atoms. The zero-order valence-corrected chi connectivity index (χ0v) is 53.6. The minimum Gasteiger partial charge on any atom is -0.379 e. The van der Waals surface area contributed by atoms with E-state index < -0.39 is 49.8 Å². The van der Waals surface area contributed by atoms with Crippen molar-refractivity contribution in [2.45, 2.75) is 73.0 Å². The number of phosphoric ester groups is 1. The monoisotopic (exact) mass is 1280 g/mol. The summed E-state index contributed by atoms with van der Waals surface area (Å²) in [4.78, 5) is 84.9. The minimum atomic E-state index is -4.31. The molecule has 90 heavy (non-hydrogen) atoms. The number of carbonyl (C=O) groups is 5. The molecule has 10 rings (SSSR count). The third-order valence-electron chi connectivity index (χ3n) is 16.4. The van der Waals surface area contributed by atoms with Crippen LogP contribution < -0.4 is 40.2 Å². The highest BCUT2D eigenvalue weighted by Gasteiger charge is 2.44. The number of amides is 5. The smallest absolute Gasteiger partial charge is 0.379 e. The number of unbranched alkanes of at least 4 members (excludes halogenated alkanes) is 2. The molecular formula is C67H78N9O11PS2+2. The third-order valence-corrected chi connectivity index (χ3v) is 19.6. The number of hydrogen-bond donors (Lipinski definition) is 5. The number of pyridine rings is 2. The topological polar surface area (TPSA) is 225 Å². The molecule has 5 atom stereocenters. The Kier molecular flexibility index (Phi) is 22.6. The summed E-state index contributed by atoms with van der Waals surface area (Å²) in [5.41, 5.74) is 6.98. The summed E-state index contributed by atoms with van der Waals surface area (Å²) in [6.45, 7) is 3.35. The number of anilines is 2. The SMILES string of the molecule is COC1C[C@H](C2C=C(C=CC(=O)NCCN(CCNC(=O)CCCCN3C(=Cc4cc[n+](C)c5ccccc45)Sc4ccccc43)CCNC(=O)CCCCN3C(=Cc4cc[n+](C)c5ccccc45)Sc4ccccc43)C(=O)NC2=O)O[C@@H]1COP(=O)(O)OC. The molecule has 0 radical (unpaired) electrons. The maximum atomic E-state index is 13.4. The Balaban J connectivity index is 0.720. The van der Waals surface area contributed by atoms with Gasteiger partial charge in [0.05, 0.1) is 56.9 Å². The minimum absolute atomic E-state index is 0.0595. The van der Waals surface area contributed by atoms with Crippen LogP contribution in [0.1, 0.15) is 56.1 Å². The van der Waals surface area contributed by atoms with E-state index in [2.05, 4.69) is 197 Å². The summed E-state index contributed by atoms with van der Waals surface area (Å²) >= 11 is 3.52. The summed E-state index contributed by atoms with van der Waals surface area (Å²) in [5, 5.41) is 16.0. The number of thioether (sulfide) groups is 2. The third kappa shape index (κ3) is 16.7. The van der Waals surface area contributed by atoms with Gasteiger partial charge in [-0.3, -0.25) is 43.2 Å². The number of fused-ring (bicyclic) bond motifs is 4. The van der Waals surface area contributed by atoms with E-state index in [0.29, 0.717) is 58.4 Å². The number of para-hydroxylation sites is 4. The predicted molar refractivity (Wildman–Crippen MR) is 349 cm³/mol. The molecule has 5 amide bonds. The van der Waals surface area contributed by atoms with Gasteiger partial charge in [-0.1, -0.05) is 78.1 Å². The molecule has 20 nitrogen and oxygen atoms in total. The number of phosphoric acid groups is 1. The Morgan fingerprint density at radius 1 is 0.722 bits per heavy atom. The fourth-order valence-electron chi connectivity index (χ4n) is 11.6. The largest absolute Gasteiger partial charge is 0.472 e. The second-order valence-corrected chi connectivity index (χ2v) is 26.1. The molecule has 4 aliphatic rings. The fourth-order valence-corrected chi connectivity index (χ4v) is 14.3. The first kappa shape index (κ1) is 65.5. The average molecular weight is 1280 g/mol. The van der Waals surface area contributed by atoms with E-state index in [1.165, 1.54) is 45.9 Å². The lowest BCUT2D eigenvalue weighted by Gasteiger charge is -2.24. The molecule has 0 saturated carbocycles. The van der Waals surface area contributed by atoms with Crippen molar-refractivity contribution in [1.29, 1.82) is 0 Å². The molecule has 6 aromatic rings. The highest BCUT2D eigenvalue weighted by molar-refractivity contribution is 8.04. The fraction of sp³-hybridized carbons (Fsp3) is 0.358. The maximum Gasteiger partial charge on any atom is 0.472 e. The van der Waals surface area contributed by atoms with Crippen molar-refractivity contribution in [1.82, 2.24) is 26.2 Å². The van der Waals surface area contributed by atoms with Gasteiger partial charge in [-0.15, -0.1) is 0 Å². The summed E-state index contributed by atoms with van der Waals surface area (Å²) in [7, 11) is 2.28. The van der Waals surface area contributed by atoms with Gasteiger partial charge in [0.1, 0.15) is 20.2 Å². The van der Waals surface area contributed by atoms with Crippen molar-refractivity contribution in [3.63, 3.8) is 0 Å². The number of aromatic nitrogens is 2. The van der Waals surface area contributed by atoms with Gasteiger partial charge in [0.2, 0.25) is 34.7 Å². The molecular weight excluding hydrogens is 1200 g/mol. The van der Waals surface area contributed by atoms with Gasteiger partial charge in [0.15, 0.2) is 12.4 Å². The quantitative estimate of drug-likeness (QED) is 0.00991. The van der Waals surface area contributed by atoms with Crippen molar-refractivity contribution in [2.75, 3.05) is 83.0 Å². The van der Waals surface area contributed by atoms with Crippen LogP contribution in [0, 0.1) is 5.92 Å². The molecule has 472 valence electrons. The molecule has 6 heterocycles. The summed E-state index contributed by atoms with van der Waals surface area (Å²) in [5.74, 6) is -2.83. The summed E-state index contributed by atoms with van der Waals surface area (Å²) < 4.78 is 37.2. The molecule has 23 heteroatoms. The summed E-state index contributed by atoms with van der Waals surface area (Å²) in [6.07, 6.45) is 14.4. The molecule has 0 bridgehead atoms. The average Bonchev–Trinajstić information content (AvgIpc) is 1.58. The Hall–Kier alpha value is -7.50. The van der Waals surface area contributed by atoms with Gasteiger partial charge < -0.3 is 40.1 Å². The van der Waals surface area contributed by atoms with Crippen LogP contribution in [0.2, 0.25) is 0 Å². The number of benzene rings is 4. The maximum absolute atomic E-state index is 13.4. The number of rotatable bonds is 29. The van der Waals surface area contributed by atoms with Gasteiger partial charge in [0.25, 0.3) is 5.91 Å². The lowest BCUT2D eigenvalue weighted by atomic mass is 9.92. The molecule has 2 aromatic heterocycles. The number of imide groups is 1. The van der Waals surface area contributed by atoms with E-state index in [4.69, 9.17) is 14.0 Å². The first-order valence-corrected chi connectivity index (χ1v) is 33.5. The van der Waals surface area contributed by atoms with Crippen molar-refractivity contribution in [2.24, 2.45) is 20.0 Å². The van der Waals surface area contributed by atoms with Crippen molar-refractivity contribution < 1.29 is 61.1 Å². The van der Waals surface area contributed by atoms with Crippen LogP contribution in [0.25, 0.3) is 34.0 Å². The number of hydrogen-bond acceptors (Lipinski definition) is 15. The number of ether oxygens (including phenoxy) is 2. The van der Waals surface area contributed by atoms with E-state index in [9.17, 15) is 33.4 Å². The van der Waals surface area contributed by atoms with Crippen LogP contribution in [0.5, 0.6) is 0 Å². The second kappa shape index (κ2) is 31.0. The first-order chi connectivity index (χ1) is 43.6. The van der Waals surface area contributed by atoms with E-state index in [0.717, 1.165) is 76.6 Å². The molecule has 1 fully saturated rings. The second-order valence-electron chi connectivity index (χ2n) is 22.4. The highest BCUT2D eigenvalue weighted by atomic mass is 32.2. The molecule has 5 N–H and O–H groups in total. The highest BCUT2D eigenvalue weighted by Crippen LogP contribution is 2.48. The first-order valence-electron chi connectivity index (χ1n) is 30.4. The zero-order chi connectivity index (χ0) is 63.2. The van der Waals surface area contributed by atoms with Crippen LogP contribution >= 0.6 is 31.3 Å².